The number of aliphatic hydroxyl groups excluding tert-OH is 1. The Bertz CT molecular complexity index is 1390. The van der Waals surface area contributed by atoms with Gasteiger partial charge in [0.25, 0.3) is 0 Å². The van der Waals surface area contributed by atoms with Gasteiger partial charge in [0.15, 0.2) is 5.65 Å². The first-order chi connectivity index (χ1) is 17.2. The summed E-state index contributed by atoms with van der Waals surface area (Å²) in [4.78, 5) is 6.82. The molecular formula is C26H22F4IN3OS. The van der Waals surface area contributed by atoms with Crippen LogP contribution in [0.25, 0.3) is 33.3 Å². The summed E-state index contributed by atoms with van der Waals surface area (Å²) in [6.07, 6.45) is 0.325. The third-order valence-electron chi connectivity index (χ3n) is 6.40. The van der Waals surface area contributed by atoms with Gasteiger partial charge in [0.05, 0.1) is 11.7 Å². The van der Waals surface area contributed by atoms with Crippen molar-refractivity contribution in [2.75, 3.05) is 13.1 Å². The molecule has 1 aliphatic heterocycles. The molecule has 0 amide bonds. The summed E-state index contributed by atoms with van der Waals surface area (Å²) in [6, 6.07) is 12.5. The van der Waals surface area contributed by atoms with Gasteiger partial charge < -0.3 is 5.11 Å². The highest BCUT2D eigenvalue weighted by Gasteiger charge is 2.32. The number of pyridine rings is 1. The summed E-state index contributed by atoms with van der Waals surface area (Å²) in [5.74, 6) is -0.941. The number of hydrogen-bond acceptors (Lipinski definition) is 4. The molecule has 10 heteroatoms. The highest BCUT2D eigenvalue weighted by atomic mass is 127. The Kier molecular flexibility index (Phi) is 7.30. The molecule has 1 unspecified atom stereocenters. The Balaban J connectivity index is 1.50. The van der Waals surface area contributed by atoms with Gasteiger partial charge in [0, 0.05) is 72.3 Å². The van der Waals surface area contributed by atoms with E-state index in [0.29, 0.717) is 29.2 Å². The average molecular weight is 627 g/mol. The molecule has 2 aromatic heterocycles. The van der Waals surface area contributed by atoms with Gasteiger partial charge in [-0.25, -0.2) is 9.37 Å². The third-order valence-corrected chi connectivity index (χ3v) is 8.10. The third kappa shape index (κ3) is 5.41. The molecule has 3 heterocycles. The average Bonchev–Trinajstić information content (AvgIpc) is 3.22. The molecule has 5 rings (SSSR count). The zero-order chi connectivity index (χ0) is 25.4. The smallest absolute Gasteiger partial charge is 0.392 e. The molecule has 1 fully saturated rings. The Hall–Kier alpha value is -2.15. The minimum absolute atomic E-state index is 0.148. The van der Waals surface area contributed by atoms with Crippen LogP contribution in [0.15, 0.2) is 60.9 Å². The van der Waals surface area contributed by atoms with Gasteiger partial charge in [-0.15, -0.1) is 0 Å². The van der Waals surface area contributed by atoms with Crippen LogP contribution < -0.4 is 0 Å². The minimum Gasteiger partial charge on any atom is -0.392 e. The molecular weight excluding hydrogens is 605 g/mol. The molecule has 1 N–H and O–H groups in total. The molecule has 2 aromatic carbocycles. The summed E-state index contributed by atoms with van der Waals surface area (Å²) in [7, 11) is 1.33. The summed E-state index contributed by atoms with van der Waals surface area (Å²) in [5.41, 5.74) is 3.06. The lowest BCUT2D eigenvalue weighted by Gasteiger charge is -2.29. The summed E-state index contributed by atoms with van der Waals surface area (Å²) in [5, 5.41) is 10.5. The van der Waals surface area contributed by atoms with Crippen LogP contribution in [0, 0.1) is 5.82 Å². The molecule has 0 aliphatic carbocycles. The van der Waals surface area contributed by atoms with Crippen molar-refractivity contribution in [3.05, 3.63) is 77.9 Å². The largest absolute Gasteiger partial charge is 0.416 e. The SMILES string of the molecule is OC1CCCN(Cc2ccc(-c3cnc4c(c3)c(-c3cc(F)cc(C(F)(F)F)c3)cn4SI)cc2)C1. The maximum absolute atomic E-state index is 14.2. The lowest BCUT2D eigenvalue weighted by Crippen LogP contribution is -2.37. The Morgan fingerprint density at radius 2 is 1.83 bits per heavy atom. The molecule has 4 nitrogen and oxygen atoms in total. The van der Waals surface area contributed by atoms with Crippen molar-refractivity contribution >= 4 is 41.4 Å². The van der Waals surface area contributed by atoms with Crippen LogP contribution in [0.2, 0.25) is 0 Å². The van der Waals surface area contributed by atoms with Gasteiger partial charge in [0.1, 0.15) is 5.82 Å². The monoisotopic (exact) mass is 627 g/mol. The quantitative estimate of drug-likeness (QED) is 0.186. The molecule has 0 spiro atoms. The molecule has 0 bridgehead atoms. The minimum atomic E-state index is -4.65. The number of rotatable bonds is 5. The van der Waals surface area contributed by atoms with E-state index in [-0.39, 0.29) is 11.7 Å². The Labute approximate surface area is 222 Å². The Morgan fingerprint density at radius 1 is 1.06 bits per heavy atom. The predicted octanol–water partition coefficient (Wildman–Crippen LogP) is 7.33. The lowest BCUT2D eigenvalue weighted by molar-refractivity contribution is -0.137. The van der Waals surface area contributed by atoms with E-state index in [2.05, 4.69) is 31.1 Å². The van der Waals surface area contributed by atoms with Gasteiger partial charge >= 0.3 is 6.18 Å². The van der Waals surface area contributed by atoms with Crippen LogP contribution >= 0.6 is 30.3 Å². The van der Waals surface area contributed by atoms with Crippen molar-refractivity contribution in [3.63, 3.8) is 0 Å². The van der Waals surface area contributed by atoms with E-state index < -0.39 is 17.6 Å². The van der Waals surface area contributed by atoms with Crippen LogP contribution in [-0.2, 0) is 12.7 Å². The highest BCUT2D eigenvalue weighted by molar-refractivity contribution is 14.2. The Morgan fingerprint density at radius 3 is 2.53 bits per heavy atom. The molecule has 4 aromatic rings. The van der Waals surface area contributed by atoms with E-state index in [1.165, 1.54) is 9.12 Å². The van der Waals surface area contributed by atoms with E-state index in [4.69, 9.17) is 0 Å². The van der Waals surface area contributed by atoms with Crippen molar-refractivity contribution in [2.45, 2.75) is 31.7 Å². The fourth-order valence-electron chi connectivity index (χ4n) is 4.66. The zero-order valence-corrected chi connectivity index (χ0v) is 21.9. The van der Waals surface area contributed by atoms with Crippen molar-refractivity contribution in [3.8, 4) is 22.3 Å². The lowest BCUT2D eigenvalue weighted by atomic mass is 10.00. The normalized spacial score (nSPS) is 17.1. The van der Waals surface area contributed by atoms with E-state index in [1.54, 1.807) is 16.4 Å². The topological polar surface area (TPSA) is 41.3 Å². The van der Waals surface area contributed by atoms with E-state index >= 15 is 0 Å². The standard InChI is InChI=1S/C26H22F4IN3OS/c27-21-9-18(8-20(11-21)26(28,29)30)24-15-34(36-31)25-23(24)10-19(12-32-25)17-5-3-16(4-6-17)13-33-7-1-2-22(35)14-33/h3-6,8-12,15,22,35H,1-2,7,13-14H2. The predicted molar refractivity (Wildman–Crippen MR) is 143 cm³/mol. The number of β-amino-alcohol motifs (C(OH)–C–C–N with tert-alkyl or cyclic N) is 1. The molecule has 188 valence electrons. The second-order valence-corrected chi connectivity index (χ2v) is 10.7. The van der Waals surface area contributed by atoms with E-state index in [1.807, 2.05) is 30.3 Å². The number of piperidine rings is 1. The number of hydrogen-bond donors (Lipinski definition) is 1. The second kappa shape index (κ2) is 10.3. The molecule has 1 aliphatic rings. The maximum atomic E-state index is 14.2. The van der Waals surface area contributed by atoms with Gasteiger partial charge in [-0.2, -0.15) is 13.2 Å². The van der Waals surface area contributed by atoms with Crippen LogP contribution in [0.5, 0.6) is 0 Å². The molecule has 36 heavy (non-hydrogen) atoms. The molecule has 0 saturated carbocycles. The number of benzene rings is 2. The van der Waals surface area contributed by atoms with E-state index in [9.17, 15) is 22.7 Å². The summed E-state index contributed by atoms with van der Waals surface area (Å²) >= 11 is 2.07. The number of fused-ring (bicyclic) bond motifs is 1. The van der Waals surface area contributed by atoms with Gasteiger partial charge in [-0.05, 0) is 60.3 Å². The molecule has 1 atom stereocenters. The van der Waals surface area contributed by atoms with Crippen LogP contribution in [0.3, 0.4) is 0 Å². The van der Waals surface area contributed by atoms with Crippen LogP contribution in [0.4, 0.5) is 17.6 Å². The van der Waals surface area contributed by atoms with Crippen LogP contribution in [-0.4, -0.2) is 38.2 Å². The van der Waals surface area contributed by atoms with Crippen molar-refractivity contribution in [1.82, 2.24) is 13.9 Å². The van der Waals surface area contributed by atoms with Gasteiger partial charge in [0.2, 0.25) is 0 Å². The first-order valence-electron chi connectivity index (χ1n) is 11.4. The highest BCUT2D eigenvalue weighted by Crippen LogP contribution is 2.39. The maximum Gasteiger partial charge on any atom is 0.416 e. The van der Waals surface area contributed by atoms with Gasteiger partial charge in [-0.3, -0.25) is 8.87 Å². The van der Waals surface area contributed by atoms with Crippen molar-refractivity contribution in [1.29, 1.82) is 0 Å². The first-order valence-corrected chi connectivity index (χ1v) is 14.7. The molecule has 1 saturated heterocycles. The van der Waals surface area contributed by atoms with E-state index in [0.717, 1.165) is 54.8 Å². The first kappa shape index (κ1) is 25.5. The van der Waals surface area contributed by atoms with Crippen LogP contribution in [0.1, 0.15) is 24.0 Å². The number of likely N-dealkylation sites (tertiary alicyclic amines) is 1. The fourth-order valence-corrected chi connectivity index (χ4v) is 5.92. The zero-order valence-electron chi connectivity index (χ0n) is 19.0. The second-order valence-electron chi connectivity index (χ2n) is 8.99. The van der Waals surface area contributed by atoms with Crippen molar-refractivity contribution < 1.29 is 22.7 Å². The number of nitrogens with zero attached hydrogens (tertiary/aromatic N) is 3. The number of aromatic nitrogens is 2. The number of alkyl halides is 3. The number of halogens is 5. The van der Waals surface area contributed by atoms with Gasteiger partial charge in [-0.1, -0.05) is 24.3 Å². The summed E-state index contributed by atoms with van der Waals surface area (Å²) in [6.45, 7) is 2.40. The number of aliphatic hydroxyl groups is 1. The van der Waals surface area contributed by atoms with Crippen molar-refractivity contribution in [2.24, 2.45) is 0 Å². The fraction of sp³-hybridized carbons (Fsp3) is 0.269. The summed E-state index contributed by atoms with van der Waals surface area (Å²) < 4.78 is 55.9. The molecule has 0 radical (unpaired) electrons.